The van der Waals surface area contributed by atoms with Gasteiger partial charge in [0.15, 0.2) is 0 Å². The van der Waals surface area contributed by atoms with Crippen LogP contribution in [-0.4, -0.2) is 21.4 Å². The van der Waals surface area contributed by atoms with Crippen molar-refractivity contribution in [3.05, 3.63) is 0 Å². The lowest BCUT2D eigenvalue weighted by Crippen LogP contribution is -2.19. The van der Waals surface area contributed by atoms with Gasteiger partial charge in [0.1, 0.15) is 6.17 Å². The van der Waals surface area contributed by atoms with Gasteiger partial charge in [0.2, 0.25) is 0 Å². The molecule has 0 bridgehead atoms. The molecule has 0 fully saturated rings. The molecule has 1 nitrogen and oxygen atoms in total. The minimum Gasteiger partial charge on any atom is -0.298 e. The van der Waals surface area contributed by atoms with Crippen LogP contribution in [-0.2, 0) is 0 Å². The fraction of sp³-hybridized carbons (Fsp3) is 0.833. The first kappa shape index (κ1) is 11.1. The highest BCUT2D eigenvalue weighted by Gasteiger charge is 2.19. The fourth-order valence-electron chi connectivity index (χ4n) is 0.417. The Balaban J connectivity index is 3.81. The Kier molecular flexibility index (Phi) is 6.28. The van der Waals surface area contributed by atoms with Crippen LogP contribution in [0.15, 0.2) is 4.99 Å². The van der Waals surface area contributed by atoms with E-state index in [-0.39, 0.29) is 5.92 Å². The van der Waals surface area contributed by atoms with Gasteiger partial charge in [0, 0.05) is 19.2 Å². The lowest BCUT2D eigenvalue weighted by molar-refractivity contribution is 0.345. The molecule has 2 atom stereocenters. The van der Waals surface area contributed by atoms with Crippen molar-refractivity contribution in [1.29, 1.82) is 0 Å². The fourth-order valence-corrected chi connectivity index (χ4v) is 1.21. The predicted octanol–water partition coefficient (Wildman–Crippen LogP) is 2.86. The summed E-state index contributed by atoms with van der Waals surface area (Å²) in [6.07, 6.45) is 0.457. The molecule has 0 N–H and O–H groups in total. The molecule has 0 spiro atoms. The molecule has 0 aromatic rings. The first-order valence-corrected chi connectivity index (χ1v) is 5.43. The van der Waals surface area contributed by atoms with Gasteiger partial charge in [0.25, 0.3) is 0 Å². The Bertz CT molecular complexity index is 116. The molecule has 0 unspecified atom stereocenters. The molecule has 0 aliphatic rings. The second-order valence-corrected chi connectivity index (χ2v) is 7.11. The molecule has 60 valence electrons. The van der Waals surface area contributed by atoms with Crippen molar-refractivity contribution in [3.63, 3.8) is 0 Å². The number of hydrogen-bond donors (Lipinski definition) is 0. The molecule has 0 rings (SSSR count). The number of halogens is 3. The van der Waals surface area contributed by atoms with Crippen LogP contribution in [0, 0.1) is 5.92 Å². The summed E-state index contributed by atoms with van der Waals surface area (Å²) >= 11 is 4.42. The Morgan fingerprint density at radius 1 is 1.50 bits per heavy atom. The number of alkyl halides is 3. The topological polar surface area (TPSA) is 12.4 Å². The number of rotatable bonds is 3. The van der Waals surface area contributed by atoms with Crippen LogP contribution in [0.1, 0.15) is 6.92 Å². The van der Waals surface area contributed by atoms with Gasteiger partial charge in [-0.1, -0.05) is 52.1 Å². The van der Waals surface area contributed by atoms with Crippen molar-refractivity contribution < 1.29 is 4.39 Å². The molecular formula is C6H10FI2N. The summed E-state index contributed by atoms with van der Waals surface area (Å²) < 4.78 is 13.2. The molecule has 0 aromatic carbocycles. The van der Waals surface area contributed by atoms with Crippen LogP contribution in [0.3, 0.4) is 0 Å². The second kappa shape index (κ2) is 5.68. The lowest BCUT2D eigenvalue weighted by Gasteiger charge is -2.13. The van der Waals surface area contributed by atoms with Gasteiger partial charge in [-0.2, -0.15) is 0 Å². The highest BCUT2D eigenvalue weighted by Crippen LogP contribution is 2.24. The second-order valence-electron chi connectivity index (χ2n) is 2.05. The van der Waals surface area contributed by atoms with Gasteiger partial charge in [-0.15, -0.1) is 0 Å². The quantitative estimate of drug-likeness (QED) is 0.412. The predicted molar refractivity (Wildman–Crippen MR) is 60.3 cm³/mol. The zero-order valence-electron chi connectivity index (χ0n) is 5.89. The Morgan fingerprint density at radius 2 is 2.00 bits per heavy atom. The van der Waals surface area contributed by atoms with Crippen molar-refractivity contribution in [1.82, 2.24) is 0 Å². The van der Waals surface area contributed by atoms with Crippen LogP contribution < -0.4 is 0 Å². The average Bonchev–Trinajstić information content (AvgIpc) is 1.87. The number of hydrogen-bond acceptors (Lipinski definition) is 1. The molecular weight excluding hydrogens is 359 g/mol. The highest BCUT2D eigenvalue weighted by molar-refractivity contribution is 14.2. The van der Waals surface area contributed by atoms with Crippen LogP contribution in [0.5, 0.6) is 0 Å². The summed E-state index contributed by atoms with van der Waals surface area (Å²) in [7, 11) is 1.59. The third-order valence-corrected chi connectivity index (χ3v) is 3.46. The molecule has 0 heterocycles. The Hall–Kier alpha value is 1.06. The first-order chi connectivity index (χ1) is 4.59. The molecule has 4 heteroatoms. The third-order valence-electron chi connectivity index (χ3n) is 1.19. The standard InChI is InChI=1S/C6H10FI2N/c1-4(6(8)9)5(7)3-10-2/h3-6H,1-2H3/b10-3-/t4-,5+/m1/s1. The maximum atomic E-state index is 12.9. The van der Waals surface area contributed by atoms with E-state index in [2.05, 4.69) is 50.2 Å². The maximum Gasteiger partial charge on any atom is 0.139 e. The molecule has 0 aliphatic heterocycles. The van der Waals surface area contributed by atoms with Gasteiger partial charge in [0.05, 0.1) is 1.93 Å². The van der Waals surface area contributed by atoms with E-state index in [9.17, 15) is 4.39 Å². The summed E-state index contributed by atoms with van der Waals surface area (Å²) in [5.74, 6) is 0.0462. The summed E-state index contributed by atoms with van der Waals surface area (Å²) in [6, 6.07) is 0. The molecule has 0 aromatic heterocycles. The third kappa shape index (κ3) is 4.05. The molecule has 0 amide bonds. The van der Waals surface area contributed by atoms with E-state index in [4.69, 9.17) is 0 Å². The van der Waals surface area contributed by atoms with Crippen LogP contribution in [0.2, 0.25) is 0 Å². The number of nitrogens with zero attached hydrogens (tertiary/aromatic N) is 1. The van der Waals surface area contributed by atoms with Crippen molar-refractivity contribution in [2.75, 3.05) is 7.05 Å². The van der Waals surface area contributed by atoms with Crippen LogP contribution in [0.25, 0.3) is 0 Å². The SMILES string of the molecule is C/N=C\[C@H](F)[C@@H](C)C(I)I. The van der Waals surface area contributed by atoms with Crippen molar-refractivity contribution >= 4 is 51.4 Å². The first-order valence-electron chi connectivity index (χ1n) is 2.94. The lowest BCUT2D eigenvalue weighted by atomic mass is 10.1. The van der Waals surface area contributed by atoms with Gasteiger partial charge in [-0.3, -0.25) is 4.99 Å². The summed E-state index contributed by atoms with van der Waals surface area (Å²) in [5.41, 5.74) is 0. The largest absolute Gasteiger partial charge is 0.298 e. The zero-order chi connectivity index (χ0) is 8.15. The average molecular weight is 369 g/mol. The molecule has 10 heavy (non-hydrogen) atoms. The zero-order valence-corrected chi connectivity index (χ0v) is 10.2. The number of aliphatic imine (C=N–C) groups is 1. The Labute approximate surface area is 88.1 Å². The minimum atomic E-state index is -0.899. The van der Waals surface area contributed by atoms with E-state index in [1.807, 2.05) is 6.92 Å². The van der Waals surface area contributed by atoms with Gasteiger partial charge in [-0.05, 0) is 0 Å². The minimum absolute atomic E-state index is 0.0462. The maximum absolute atomic E-state index is 12.9. The monoisotopic (exact) mass is 369 g/mol. The smallest absolute Gasteiger partial charge is 0.139 e. The summed E-state index contributed by atoms with van der Waals surface area (Å²) in [5, 5.41) is 0. The normalized spacial score (nSPS) is 18.2. The van der Waals surface area contributed by atoms with Gasteiger partial charge in [-0.25, -0.2) is 4.39 Å². The van der Waals surface area contributed by atoms with E-state index in [1.54, 1.807) is 7.05 Å². The van der Waals surface area contributed by atoms with Gasteiger partial charge >= 0.3 is 0 Å². The summed E-state index contributed by atoms with van der Waals surface area (Å²) in [4.78, 5) is 3.63. The molecule has 0 radical (unpaired) electrons. The molecule has 0 aliphatic carbocycles. The molecule has 0 saturated carbocycles. The van der Waals surface area contributed by atoms with Crippen molar-refractivity contribution in [2.45, 2.75) is 15.0 Å². The Morgan fingerprint density at radius 3 is 2.30 bits per heavy atom. The van der Waals surface area contributed by atoms with Crippen molar-refractivity contribution in [2.24, 2.45) is 10.9 Å². The van der Waals surface area contributed by atoms with Crippen LogP contribution in [0.4, 0.5) is 4.39 Å². The van der Waals surface area contributed by atoms with Crippen molar-refractivity contribution in [3.8, 4) is 0 Å². The van der Waals surface area contributed by atoms with E-state index in [1.165, 1.54) is 6.21 Å². The van der Waals surface area contributed by atoms with E-state index in [0.717, 1.165) is 0 Å². The van der Waals surface area contributed by atoms with E-state index in [0.29, 0.717) is 1.93 Å². The van der Waals surface area contributed by atoms with E-state index < -0.39 is 6.17 Å². The highest BCUT2D eigenvalue weighted by atomic mass is 127. The van der Waals surface area contributed by atoms with Gasteiger partial charge < -0.3 is 0 Å². The summed E-state index contributed by atoms with van der Waals surface area (Å²) in [6.45, 7) is 1.88. The van der Waals surface area contributed by atoms with Crippen LogP contribution >= 0.6 is 45.2 Å². The molecule has 0 saturated heterocycles. The van der Waals surface area contributed by atoms with E-state index >= 15 is 0 Å².